The van der Waals surface area contributed by atoms with Gasteiger partial charge in [0.15, 0.2) is 5.17 Å². The summed E-state index contributed by atoms with van der Waals surface area (Å²) in [6, 6.07) is 13.7. The van der Waals surface area contributed by atoms with Crippen molar-refractivity contribution >= 4 is 22.5 Å². The molecule has 0 aromatic heterocycles. The first-order chi connectivity index (χ1) is 9.47. The maximum Gasteiger partial charge on any atom is 0.416 e. The van der Waals surface area contributed by atoms with Crippen molar-refractivity contribution in [2.45, 2.75) is 6.18 Å². The first kappa shape index (κ1) is 14.4. The lowest BCUT2D eigenvalue weighted by atomic mass is 10.2. The Morgan fingerprint density at radius 3 is 2.35 bits per heavy atom. The van der Waals surface area contributed by atoms with Crippen LogP contribution < -0.4 is 5.43 Å². The highest BCUT2D eigenvalue weighted by molar-refractivity contribution is 6.69. The zero-order valence-corrected chi connectivity index (χ0v) is 10.9. The van der Waals surface area contributed by atoms with Gasteiger partial charge in [0.05, 0.1) is 11.3 Å². The summed E-state index contributed by atoms with van der Waals surface area (Å²) < 4.78 is 37.6. The van der Waals surface area contributed by atoms with E-state index in [1.807, 2.05) is 6.07 Å². The first-order valence-electron chi connectivity index (χ1n) is 5.69. The Kier molecular flexibility index (Phi) is 4.29. The molecule has 0 spiro atoms. The summed E-state index contributed by atoms with van der Waals surface area (Å²) in [4.78, 5) is 0. The summed E-state index contributed by atoms with van der Waals surface area (Å²) in [7, 11) is 0. The molecule has 0 saturated heterocycles. The van der Waals surface area contributed by atoms with Crippen molar-refractivity contribution in [2.75, 3.05) is 5.43 Å². The molecule has 0 saturated carbocycles. The molecule has 20 heavy (non-hydrogen) atoms. The van der Waals surface area contributed by atoms with Gasteiger partial charge in [-0.15, -0.1) is 0 Å². The van der Waals surface area contributed by atoms with Crippen molar-refractivity contribution in [2.24, 2.45) is 5.10 Å². The molecule has 0 aliphatic heterocycles. The second-order valence-electron chi connectivity index (χ2n) is 3.96. The van der Waals surface area contributed by atoms with E-state index in [4.69, 9.17) is 11.6 Å². The zero-order valence-electron chi connectivity index (χ0n) is 10.2. The van der Waals surface area contributed by atoms with Gasteiger partial charge in [-0.2, -0.15) is 18.3 Å². The van der Waals surface area contributed by atoms with Gasteiger partial charge in [-0.1, -0.05) is 48.0 Å². The second kappa shape index (κ2) is 5.96. The van der Waals surface area contributed by atoms with Crippen LogP contribution in [0.15, 0.2) is 59.7 Å². The van der Waals surface area contributed by atoms with Gasteiger partial charge in [0.2, 0.25) is 0 Å². The summed E-state index contributed by atoms with van der Waals surface area (Å²) in [6.07, 6.45) is -4.38. The Morgan fingerprint density at radius 2 is 1.70 bits per heavy atom. The predicted molar refractivity (Wildman–Crippen MR) is 73.9 cm³/mol. The number of hydrogen-bond donors (Lipinski definition) is 1. The van der Waals surface area contributed by atoms with Crippen LogP contribution in [0, 0.1) is 0 Å². The fourth-order valence-electron chi connectivity index (χ4n) is 1.52. The van der Waals surface area contributed by atoms with Crippen LogP contribution in [0.1, 0.15) is 11.1 Å². The van der Waals surface area contributed by atoms with Crippen LogP contribution in [-0.4, -0.2) is 5.17 Å². The monoisotopic (exact) mass is 298 g/mol. The summed E-state index contributed by atoms with van der Waals surface area (Å²) in [5.41, 5.74) is 2.66. The third-order valence-corrected chi connectivity index (χ3v) is 2.79. The highest BCUT2D eigenvalue weighted by Gasteiger charge is 2.30. The lowest BCUT2D eigenvalue weighted by Gasteiger charge is -2.08. The van der Waals surface area contributed by atoms with Crippen LogP contribution in [0.25, 0.3) is 0 Å². The molecule has 0 bridgehead atoms. The van der Waals surface area contributed by atoms with E-state index in [0.717, 1.165) is 12.1 Å². The van der Waals surface area contributed by atoms with E-state index in [1.54, 1.807) is 24.3 Å². The minimum atomic E-state index is -4.38. The van der Waals surface area contributed by atoms with Crippen molar-refractivity contribution in [1.29, 1.82) is 0 Å². The normalized spacial score (nSPS) is 12.3. The minimum absolute atomic E-state index is 0.169. The summed E-state index contributed by atoms with van der Waals surface area (Å²) in [5.74, 6) is 0. The fourth-order valence-corrected chi connectivity index (χ4v) is 1.69. The van der Waals surface area contributed by atoms with Crippen LogP contribution in [0.5, 0.6) is 0 Å². The maximum atomic E-state index is 12.5. The molecule has 2 nitrogen and oxygen atoms in total. The summed E-state index contributed by atoms with van der Waals surface area (Å²) >= 11 is 5.95. The van der Waals surface area contributed by atoms with E-state index in [2.05, 4.69) is 10.5 Å². The zero-order chi connectivity index (χ0) is 14.6. The second-order valence-corrected chi connectivity index (χ2v) is 4.32. The number of anilines is 1. The Morgan fingerprint density at radius 1 is 1.00 bits per heavy atom. The maximum absolute atomic E-state index is 12.5. The number of halogens is 4. The van der Waals surface area contributed by atoms with E-state index in [0.29, 0.717) is 5.56 Å². The highest BCUT2D eigenvalue weighted by atomic mass is 35.5. The molecule has 2 aromatic carbocycles. The van der Waals surface area contributed by atoms with Gasteiger partial charge in [0.1, 0.15) is 0 Å². The van der Waals surface area contributed by atoms with E-state index in [1.165, 1.54) is 12.1 Å². The molecule has 6 heteroatoms. The molecule has 0 heterocycles. The summed E-state index contributed by atoms with van der Waals surface area (Å²) in [5, 5.41) is 4.02. The molecule has 0 unspecified atom stereocenters. The molecule has 0 aliphatic carbocycles. The van der Waals surface area contributed by atoms with Gasteiger partial charge >= 0.3 is 6.18 Å². The molecule has 0 amide bonds. The molecular weight excluding hydrogens is 289 g/mol. The van der Waals surface area contributed by atoms with Crippen LogP contribution in [0.4, 0.5) is 18.9 Å². The average molecular weight is 299 g/mol. The number of nitrogens with one attached hydrogen (secondary N) is 1. The lowest BCUT2D eigenvalue weighted by molar-refractivity contribution is -0.137. The number of benzene rings is 2. The number of rotatable bonds is 3. The molecule has 0 aliphatic rings. The van der Waals surface area contributed by atoms with E-state index in [-0.39, 0.29) is 10.9 Å². The number of hydrogen-bond acceptors (Lipinski definition) is 2. The number of alkyl halides is 3. The van der Waals surface area contributed by atoms with Gasteiger partial charge in [0.25, 0.3) is 0 Å². The molecular formula is C14H10ClF3N2. The Hall–Kier alpha value is -2.01. The van der Waals surface area contributed by atoms with Crippen molar-refractivity contribution in [3.05, 3.63) is 65.7 Å². The van der Waals surface area contributed by atoms with E-state index in [9.17, 15) is 13.2 Å². The topological polar surface area (TPSA) is 24.4 Å². The number of nitrogens with zero attached hydrogens (tertiary/aromatic N) is 1. The fraction of sp³-hybridized carbons (Fsp3) is 0.0714. The quantitative estimate of drug-likeness (QED) is 0.643. The molecule has 0 radical (unpaired) electrons. The van der Waals surface area contributed by atoms with Crippen molar-refractivity contribution in [1.82, 2.24) is 0 Å². The highest BCUT2D eigenvalue weighted by Crippen LogP contribution is 2.30. The third-order valence-electron chi connectivity index (χ3n) is 2.49. The largest absolute Gasteiger partial charge is 0.416 e. The van der Waals surface area contributed by atoms with Crippen LogP contribution >= 0.6 is 11.6 Å². The molecule has 2 rings (SSSR count). The summed E-state index contributed by atoms with van der Waals surface area (Å²) in [6.45, 7) is 0. The Labute approximate surface area is 118 Å². The average Bonchev–Trinajstić information content (AvgIpc) is 2.45. The van der Waals surface area contributed by atoms with Crippen LogP contribution in [0.2, 0.25) is 0 Å². The van der Waals surface area contributed by atoms with Gasteiger partial charge in [-0.25, -0.2) is 0 Å². The van der Waals surface area contributed by atoms with Gasteiger partial charge in [0, 0.05) is 5.56 Å². The SMILES string of the molecule is FC(F)(F)c1cccc(NN=C(Cl)c2ccccc2)c1. The first-order valence-corrected chi connectivity index (χ1v) is 6.06. The van der Waals surface area contributed by atoms with Crippen molar-refractivity contribution in [3.8, 4) is 0 Å². The third kappa shape index (κ3) is 3.74. The van der Waals surface area contributed by atoms with Crippen LogP contribution in [0.3, 0.4) is 0 Å². The predicted octanol–water partition coefficient (Wildman–Crippen LogP) is 4.72. The van der Waals surface area contributed by atoms with E-state index >= 15 is 0 Å². The molecule has 104 valence electrons. The van der Waals surface area contributed by atoms with Crippen molar-refractivity contribution in [3.63, 3.8) is 0 Å². The molecule has 1 N–H and O–H groups in total. The molecule has 0 atom stereocenters. The molecule has 2 aromatic rings. The van der Waals surface area contributed by atoms with Gasteiger partial charge < -0.3 is 0 Å². The molecule has 0 fully saturated rings. The standard InChI is InChI=1S/C14H10ClF3N2/c15-13(10-5-2-1-3-6-10)20-19-12-8-4-7-11(9-12)14(16,17)18/h1-9,19H. The van der Waals surface area contributed by atoms with Gasteiger partial charge in [-0.05, 0) is 18.2 Å². The van der Waals surface area contributed by atoms with E-state index < -0.39 is 11.7 Å². The Bertz CT molecular complexity index is 609. The van der Waals surface area contributed by atoms with Gasteiger partial charge in [-0.3, -0.25) is 5.43 Å². The Balaban J connectivity index is 2.15. The lowest BCUT2D eigenvalue weighted by Crippen LogP contribution is -2.05. The minimum Gasteiger partial charge on any atom is -0.277 e. The van der Waals surface area contributed by atoms with Crippen LogP contribution in [-0.2, 0) is 6.18 Å². The smallest absolute Gasteiger partial charge is 0.277 e. The number of hydrazone groups is 1. The van der Waals surface area contributed by atoms with Crippen molar-refractivity contribution < 1.29 is 13.2 Å².